The lowest BCUT2D eigenvalue weighted by Gasteiger charge is -2.26. The zero-order valence-electron chi connectivity index (χ0n) is 11.7. The number of benzene rings is 1. The number of rotatable bonds is 5. The summed E-state index contributed by atoms with van der Waals surface area (Å²) in [6, 6.07) is 6.44. The summed E-state index contributed by atoms with van der Waals surface area (Å²) >= 11 is -0.0920. The average Bonchev–Trinajstić information content (AvgIpc) is 2.39. The van der Waals surface area contributed by atoms with Gasteiger partial charge in [0.15, 0.2) is 0 Å². The molecule has 0 aromatic heterocycles. The number of nitrogens with one attached hydrogen (secondary N) is 1. The second-order valence-corrected chi connectivity index (χ2v) is 6.65. The Labute approximate surface area is 127 Å². The molecule has 2 atom stereocenters. The van der Waals surface area contributed by atoms with Crippen LogP contribution in [0.4, 0.5) is 13.2 Å². The second-order valence-electron chi connectivity index (χ2n) is 5.51. The molecule has 2 rings (SSSR count). The maximum atomic E-state index is 12.2. The van der Waals surface area contributed by atoms with Gasteiger partial charge in [0.2, 0.25) is 0 Å². The van der Waals surface area contributed by atoms with Gasteiger partial charge in [-0.15, -0.1) is 0 Å². The summed E-state index contributed by atoms with van der Waals surface area (Å²) in [4.78, 5) is 0.210. The van der Waals surface area contributed by atoms with Crippen LogP contribution < -0.4 is 5.32 Å². The van der Waals surface area contributed by atoms with Gasteiger partial charge in [-0.25, -0.2) is 0 Å². The van der Waals surface area contributed by atoms with Crippen molar-refractivity contribution in [3.8, 4) is 0 Å². The maximum Gasteiger partial charge on any atom is 0.446 e. The molecular weight excluding hydrogens is 299 g/mol. The minimum Gasteiger partial charge on any atom is -0.393 e. The third-order valence-corrected chi connectivity index (χ3v) is 4.41. The minimum atomic E-state index is -4.23. The van der Waals surface area contributed by atoms with Crippen molar-refractivity contribution in [3.05, 3.63) is 29.8 Å². The summed E-state index contributed by atoms with van der Waals surface area (Å²) in [5.74, 6) is 0.494. The van der Waals surface area contributed by atoms with Gasteiger partial charge < -0.3 is 10.4 Å². The molecule has 1 aromatic carbocycles. The van der Waals surface area contributed by atoms with Gasteiger partial charge in [0.05, 0.1) is 6.10 Å². The first-order valence-electron chi connectivity index (χ1n) is 7.16. The molecule has 0 bridgehead atoms. The Balaban J connectivity index is 1.73. The van der Waals surface area contributed by atoms with E-state index in [9.17, 15) is 18.3 Å². The lowest BCUT2D eigenvalue weighted by molar-refractivity contribution is -0.0328. The SMILES string of the molecule is OC1CCCC(CNCc2ccc(SC(F)(F)F)cc2)C1. The van der Waals surface area contributed by atoms with Crippen LogP contribution >= 0.6 is 11.8 Å². The first-order valence-corrected chi connectivity index (χ1v) is 7.97. The Morgan fingerprint density at radius 2 is 1.90 bits per heavy atom. The smallest absolute Gasteiger partial charge is 0.393 e. The molecule has 1 aliphatic rings. The van der Waals surface area contributed by atoms with Crippen LogP contribution in [0.25, 0.3) is 0 Å². The van der Waals surface area contributed by atoms with E-state index in [0.717, 1.165) is 37.8 Å². The zero-order chi connectivity index (χ0) is 15.3. The van der Waals surface area contributed by atoms with E-state index in [4.69, 9.17) is 0 Å². The van der Waals surface area contributed by atoms with E-state index < -0.39 is 5.51 Å². The predicted molar refractivity (Wildman–Crippen MR) is 78.0 cm³/mol. The van der Waals surface area contributed by atoms with Crippen molar-refractivity contribution in [2.75, 3.05) is 6.54 Å². The second kappa shape index (κ2) is 7.51. The van der Waals surface area contributed by atoms with E-state index >= 15 is 0 Å². The van der Waals surface area contributed by atoms with Gasteiger partial charge in [-0.1, -0.05) is 18.6 Å². The summed E-state index contributed by atoms with van der Waals surface area (Å²) in [6.07, 6.45) is 3.76. The molecule has 0 saturated heterocycles. The molecule has 1 saturated carbocycles. The Morgan fingerprint density at radius 1 is 1.19 bits per heavy atom. The third kappa shape index (κ3) is 6.28. The van der Waals surface area contributed by atoms with Crippen molar-refractivity contribution < 1.29 is 18.3 Å². The van der Waals surface area contributed by atoms with Crippen LogP contribution in [-0.4, -0.2) is 23.3 Å². The molecule has 0 amide bonds. The highest BCUT2D eigenvalue weighted by Crippen LogP contribution is 2.36. The summed E-state index contributed by atoms with van der Waals surface area (Å²) in [5.41, 5.74) is -3.26. The van der Waals surface area contributed by atoms with Gasteiger partial charge in [-0.3, -0.25) is 0 Å². The van der Waals surface area contributed by atoms with Gasteiger partial charge in [-0.05, 0) is 61.2 Å². The molecule has 0 spiro atoms. The van der Waals surface area contributed by atoms with Crippen LogP contribution in [0.5, 0.6) is 0 Å². The number of halogens is 3. The molecule has 1 aliphatic carbocycles. The molecule has 2 nitrogen and oxygen atoms in total. The van der Waals surface area contributed by atoms with Crippen molar-refractivity contribution in [1.29, 1.82) is 0 Å². The largest absolute Gasteiger partial charge is 0.446 e. The molecule has 0 heterocycles. The lowest BCUT2D eigenvalue weighted by Crippen LogP contribution is -2.28. The van der Waals surface area contributed by atoms with E-state index in [2.05, 4.69) is 5.32 Å². The predicted octanol–water partition coefficient (Wildman–Crippen LogP) is 3.94. The first-order chi connectivity index (χ1) is 9.92. The molecule has 118 valence electrons. The molecule has 21 heavy (non-hydrogen) atoms. The van der Waals surface area contributed by atoms with E-state index in [1.807, 2.05) is 0 Å². The monoisotopic (exact) mass is 319 g/mol. The topological polar surface area (TPSA) is 32.3 Å². The van der Waals surface area contributed by atoms with Gasteiger partial charge in [-0.2, -0.15) is 13.2 Å². The maximum absolute atomic E-state index is 12.2. The highest BCUT2D eigenvalue weighted by molar-refractivity contribution is 8.00. The number of hydrogen-bond donors (Lipinski definition) is 2. The van der Waals surface area contributed by atoms with Gasteiger partial charge in [0, 0.05) is 11.4 Å². The van der Waals surface area contributed by atoms with Gasteiger partial charge >= 0.3 is 5.51 Å². The highest BCUT2D eigenvalue weighted by atomic mass is 32.2. The average molecular weight is 319 g/mol. The van der Waals surface area contributed by atoms with E-state index in [0.29, 0.717) is 12.5 Å². The molecule has 1 aromatic rings. The van der Waals surface area contributed by atoms with Crippen LogP contribution in [0, 0.1) is 5.92 Å². The van der Waals surface area contributed by atoms with Crippen molar-refractivity contribution in [3.63, 3.8) is 0 Å². The summed E-state index contributed by atoms with van der Waals surface area (Å²) in [5, 5.41) is 12.9. The standard InChI is InChI=1S/C15H20F3NOS/c16-15(17,18)21-14-6-4-11(5-7-14)9-19-10-12-2-1-3-13(20)8-12/h4-7,12-13,19-20H,1-3,8-10H2. The molecule has 0 radical (unpaired) electrons. The van der Waals surface area contributed by atoms with E-state index in [1.165, 1.54) is 12.1 Å². The Bertz CT molecular complexity index is 436. The summed E-state index contributed by atoms with van der Waals surface area (Å²) in [6.45, 7) is 1.49. The number of aliphatic hydroxyl groups is 1. The van der Waals surface area contributed by atoms with E-state index in [-0.39, 0.29) is 22.8 Å². The van der Waals surface area contributed by atoms with Crippen LogP contribution in [-0.2, 0) is 6.54 Å². The normalized spacial score (nSPS) is 23.2. The lowest BCUT2D eigenvalue weighted by atomic mass is 9.87. The van der Waals surface area contributed by atoms with Crippen LogP contribution in [0.15, 0.2) is 29.2 Å². The fourth-order valence-corrected chi connectivity index (χ4v) is 3.22. The van der Waals surface area contributed by atoms with Gasteiger partial charge in [0.1, 0.15) is 0 Å². The van der Waals surface area contributed by atoms with Crippen LogP contribution in [0.3, 0.4) is 0 Å². The molecule has 1 fully saturated rings. The molecule has 6 heteroatoms. The Morgan fingerprint density at radius 3 is 2.52 bits per heavy atom. The van der Waals surface area contributed by atoms with Crippen molar-refractivity contribution >= 4 is 11.8 Å². The number of hydrogen-bond acceptors (Lipinski definition) is 3. The fraction of sp³-hybridized carbons (Fsp3) is 0.600. The van der Waals surface area contributed by atoms with E-state index in [1.54, 1.807) is 12.1 Å². The molecule has 2 N–H and O–H groups in total. The first kappa shape index (κ1) is 16.6. The summed E-state index contributed by atoms with van der Waals surface area (Å²) in [7, 11) is 0. The molecule has 2 unspecified atom stereocenters. The van der Waals surface area contributed by atoms with Crippen molar-refractivity contribution in [2.45, 2.75) is 48.7 Å². The quantitative estimate of drug-likeness (QED) is 0.806. The number of aliphatic hydroxyl groups excluding tert-OH is 1. The van der Waals surface area contributed by atoms with Gasteiger partial charge in [0.25, 0.3) is 0 Å². The number of alkyl halides is 3. The molecular formula is C15H20F3NOS. The highest BCUT2D eigenvalue weighted by Gasteiger charge is 2.29. The number of thioether (sulfide) groups is 1. The molecule has 0 aliphatic heterocycles. The van der Waals surface area contributed by atoms with Crippen molar-refractivity contribution in [1.82, 2.24) is 5.32 Å². The van der Waals surface area contributed by atoms with Crippen LogP contribution in [0.1, 0.15) is 31.2 Å². The van der Waals surface area contributed by atoms with Crippen LogP contribution in [0.2, 0.25) is 0 Å². The zero-order valence-corrected chi connectivity index (χ0v) is 12.5. The fourth-order valence-electron chi connectivity index (χ4n) is 2.68. The Hall–Kier alpha value is -0.720. The Kier molecular flexibility index (Phi) is 5.96. The summed E-state index contributed by atoms with van der Waals surface area (Å²) < 4.78 is 36.6. The minimum absolute atomic E-state index is 0.0920. The third-order valence-electron chi connectivity index (χ3n) is 3.67. The van der Waals surface area contributed by atoms with Crippen molar-refractivity contribution in [2.24, 2.45) is 5.92 Å².